The van der Waals surface area contributed by atoms with E-state index in [-0.39, 0.29) is 5.91 Å². The van der Waals surface area contributed by atoms with E-state index < -0.39 is 0 Å². The van der Waals surface area contributed by atoms with Crippen LogP contribution in [0.15, 0.2) is 41.8 Å². The first-order valence-corrected chi connectivity index (χ1v) is 9.25. The molecular weight excluding hydrogens is 320 g/mol. The summed E-state index contributed by atoms with van der Waals surface area (Å²) < 4.78 is 5.78. The van der Waals surface area contributed by atoms with Crippen molar-refractivity contribution in [1.82, 2.24) is 10.2 Å². The van der Waals surface area contributed by atoms with Crippen LogP contribution in [0.5, 0.6) is 0 Å². The highest BCUT2D eigenvalue weighted by Crippen LogP contribution is 2.15. The molecule has 0 saturated carbocycles. The van der Waals surface area contributed by atoms with Crippen molar-refractivity contribution in [3.63, 3.8) is 0 Å². The zero-order chi connectivity index (χ0) is 16.9. The van der Waals surface area contributed by atoms with Crippen molar-refractivity contribution >= 4 is 17.2 Å². The zero-order valence-electron chi connectivity index (χ0n) is 14.2. The van der Waals surface area contributed by atoms with Gasteiger partial charge in [-0.1, -0.05) is 30.3 Å². The monoisotopic (exact) mass is 344 g/mol. The van der Waals surface area contributed by atoms with E-state index in [0.29, 0.717) is 18.8 Å². The third-order valence-corrected chi connectivity index (χ3v) is 4.99. The summed E-state index contributed by atoms with van der Waals surface area (Å²) in [7, 11) is 0. The quantitative estimate of drug-likeness (QED) is 0.905. The van der Waals surface area contributed by atoms with E-state index >= 15 is 0 Å². The molecular formula is C19H24N2O2S. The molecule has 3 rings (SSSR count). The second-order valence-corrected chi connectivity index (χ2v) is 7.38. The maximum Gasteiger partial charge on any atom is 0.261 e. The number of hydrogen-bond donors (Lipinski definition) is 1. The Bertz CT molecular complexity index is 645. The van der Waals surface area contributed by atoms with E-state index in [2.05, 4.69) is 48.3 Å². The molecule has 0 bridgehead atoms. The number of benzene rings is 1. The van der Waals surface area contributed by atoms with Gasteiger partial charge >= 0.3 is 0 Å². The van der Waals surface area contributed by atoms with Gasteiger partial charge in [-0.05, 0) is 36.4 Å². The minimum Gasteiger partial charge on any atom is -0.373 e. The number of thiophene rings is 1. The topological polar surface area (TPSA) is 41.6 Å². The van der Waals surface area contributed by atoms with Gasteiger partial charge in [0.2, 0.25) is 0 Å². The summed E-state index contributed by atoms with van der Waals surface area (Å²) in [4.78, 5) is 15.1. The van der Waals surface area contributed by atoms with Crippen molar-refractivity contribution < 1.29 is 9.53 Å². The first kappa shape index (κ1) is 17.1. The SMILES string of the molecule is C[C@@H]1CN(Cc2ccc(CNC(=O)c3cccs3)cc2)C[C@H](C)O1. The van der Waals surface area contributed by atoms with Crippen LogP contribution in [0, 0.1) is 0 Å². The highest BCUT2D eigenvalue weighted by molar-refractivity contribution is 7.12. The zero-order valence-corrected chi connectivity index (χ0v) is 15.0. The van der Waals surface area contributed by atoms with Crippen LogP contribution >= 0.6 is 11.3 Å². The number of hydrogen-bond acceptors (Lipinski definition) is 4. The normalized spacial score (nSPS) is 21.6. The van der Waals surface area contributed by atoms with E-state index in [9.17, 15) is 4.79 Å². The Morgan fingerprint density at radius 1 is 1.17 bits per heavy atom. The fourth-order valence-corrected chi connectivity index (χ4v) is 3.75. The maximum absolute atomic E-state index is 12.0. The van der Waals surface area contributed by atoms with Gasteiger partial charge in [-0.3, -0.25) is 9.69 Å². The molecule has 5 heteroatoms. The van der Waals surface area contributed by atoms with Gasteiger partial charge < -0.3 is 10.1 Å². The Morgan fingerprint density at radius 2 is 1.83 bits per heavy atom. The van der Waals surface area contributed by atoms with E-state index in [4.69, 9.17) is 4.74 Å². The summed E-state index contributed by atoms with van der Waals surface area (Å²) in [6.45, 7) is 7.71. The van der Waals surface area contributed by atoms with Gasteiger partial charge in [0.1, 0.15) is 0 Å². The molecule has 1 aliphatic heterocycles. The Hall–Kier alpha value is -1.69. The molecule has 2 atom stereocenters. The van der Waals surface area contributed by atoms with E-state index in [1.54, 1.807) is 0 Å². The molecule has 4 nitrogen and oxygen atoms in total. The van der Waals surface area contributed by atoms with Crippen molar-refractivity contribution in [3.8, 4) is 0 Å². The standard InChI is InChI=1S/C19H24N2O2S/c1-14-11-21(12-15(2)23-14)13-17-7-5-16(6-8-17)10-20-19(22)18-4-3-9-24-18/h3-9,14-15H,10-13H2,1-2H3,(H,20,22)/t14-,15+. The molecule has 128 valence electrons. The highest BCUT2D eigenvalue weighted by Gasteiger charge is 2.21. The number of nitrogens with zero attached hydrogens (tertiary/aromatic N) is 1. The Balaban J connectivity index is 1.51. The van der Waals surface area contributed by atoms with Crippen LogP contribution in [0.3, 0.4) is 0 Å². The van der Waals surface area contributed by atoms with Gasteiger partial charge in [0.15, 0.2) is 0 Å². The lowest BCUT2D eigenvalue weighted by atomic mass is 10.1. The first-order chi connectivity index (χ1) is 11.6. The molecule has 1 N–H and O–H groups in total. The second-order valence-electron chi connectivity index (χ2n) is 6.43. The molecule has 1 saturated heterocycles. The number of amides is 1. The largest absolute Gasteiger partial charge is 0.373 e. The molecule has 0 spiro atoms. The summed E-state index contributed by atoms with van der Waals surface area (Å²) in [5.41, 5.74) is 2.41. The highest BCUT2D eigenvalue weighted by atomic mass is 32.1. The Morgan fingerprint density at radius 3 is 2.46 bits per heavy atom. The Kier molecular flexibility index (Phi) is 5.66. The molecule has 1 aliphatic rings. The molecule has 1 fully saturated rings. The van der Waals surface area contributed by atoms with Crippen LogP contribution in [-0.4, -0.2) is 36.1 Å². The summed E-state index contributed by atoms with van der Waals surface area (Å²) in [5.74, 6) is -0.00892. The molecule has 2 aromatic rings. The third-order valence-electron chi connectivity index (χ3n) is 4.12. The van der Waals surface area contributed by atoms with Gasteiger partial charge in [-0.25, -0.2) is 0 Å². The number of ether oxygens (including phenoxy) is 1. The molecule has 2 heterocycles. The number of carbonyl (C=O) groups is 1. The number of carbonyl (C=O) groups excluding carboxylic acids is 1. The average Bonchev–Trinajstić information content (AvgIpc) is 3.07. The van der Waals surface area contributed by atoms with E-state index in [0.717, 1.165) is 30.1 Å². The summed E-state index contributed by atoms with van der Waals surface area (Å²) >= 11 is 1.46. The van der Waals surface area contributed by atoms with Crippen LogP contribution in [0.25, 0.3) is 0 Å². The molecule has 1 amide bonds. The van der Waals surface area contributed by atoms with Gasteiger partial charge in [-0.2, -0.15) is 0 Å². The van der Waals surface area contributed by atoms with Crippen LogP contribution < -0.4 is 5.32 Å². The van der Waals surface area contributed by atoms with Gasteiger partial charge in [-0.15, -0.1) is 11.3 Å². The van der Waals surface area contributed by atoms with E-state index in [1.807, 2.05) is 17.5 Å². The van der Waals surface area contributed by atoms with Crippen molar-refractivity contribution in [2.24, 2.45) is 0 Å². The molecule has 1 aromatic heterocycles. The minimum absolute atomic E-state index is 0.00892. The summed E-state index contributed by atoms with van der Waals surface area (Å²) in [6, 6.07) is 12.2. The predicted octanol–water partition coefficient (Wildman–Crippen LogP) is 3.29. The predicted molar refractivity (Wildman–Crippen MR) is 97.2 cm³/mol. The van der Waals surface area contributed by atoms with Gasteiger partial charge in [0.25, 0.3) is 5.91 Å². The average molecular weight is 344 g/mol. The molecule has 1 aromatic carbocycles. The van der Waals surface area contributed by atoms with Gasteiger partial charge in [0.05, 0.1) is 17.1 Å². The summed E-state index contributed by atoms with van der Waals surface area (Å²) in [5, 5.41) is 4.87. The van der Waals surface area contributed by atoms with Crippen LogP contribution in [0.4, 0.5) is 0 Å². The van der Waals surface area contributed by atoms with Crippen molar-refractivity contribution in [2.75, 3.05) is 13.1 Å². The number of rotatable bonds is 5. The van der Waals surface area contributed by atoms with Gasteiger partial charge in [0, 0.05) is 26.2 Å². The van der Waals surface area contributed by atoms with Crippen LogP contribution in [-0.2, 0) is 17.8 Å². The maximum atomic E-state index is 12.0. The fraction of sp³-hybridized carbons (Fsp3) is 0.421. The lowest BCUT2D eigenvalue weighted by molar-refractivity contribution is -0.0704. The lowest BCUT2D eigenvalue weighted by Crippen LogP contribution is -2.44. The number of morpholine rings is 1. The van der Waals surface area contributed by atoms with E-state index in [1.165, 1.54) is 16.9 Å². The molecule has 0 unspecified atom stereocenters. The van der Waals surface area contributed by atoms with Crippen molar-refractivity contribution in [3.05, 3.63) is 57.8 Å². The molecule has 24 heavy (non-hydrogen) atoms. The van der Waals surface area contributed by atoms with Crippen LogP contribution in [0.1, 0.15) is 34.6 Å². The van der Waals surface area contributed by atoms with Crippen molar-refractivity contribution in [1.29, 1.82) is 0 Å². The lowest BCUT2D eigenvalue weighted by Gasteiger charge is -2.35. The van der Waals surface area contributed by atoms with Crippen molar-refractivity contribution in [2.45, 2.75) is 39.1 Å². The number of nitrogens with one attached hydrogen (secondary N) is 1. The smallest absolute Gasteiger partial charge is 0.261 e. The molecule has 0 aliphatic carbocycles. The second kappa shape index (κ2) is 7.92. The minimum atomic E-state index is -0.00892. The fourth-order valence-electron chi connectivity index (χ4n) is 3.11. The summed E-state index contributed by atoms with van der Waals surface area (Å²) in [6.07, 6.45) is 0.584. The Labute approximate surface area is 147 Å². The third kappa shape index (κ3) is 4.66. The molecule has 0 radical (unpaired) electrons. The van der Waals surface area contributed by atoms with Crippen LogP contribution in [0.2, 0.25) is 0 Å². The first-order valence-electron chi connectivity index (χ1n) is 8.37.